The average Bonchev–Trinajstić information content (AvgIpc) is 2.48. The van der Waals surface area contributed by atoms with Crippen molar-refractivity contribution < 1.29 is 14.7 Å². The van der Waals surface area contributed by atoms with E-state index >= 15 is 0 Å². The van der Waals surface area contributed by atoms with Gasteiger partial charge in [0.1, 0.15) is 0 Å². The number of aryl methyl sites for hydroxylation is 1. The van der Waals surface area contributed by atoms with Crippen LogP contribution in [0, 0.1) is 6.92 Å². The van der Waals surface area contributed by atoms with E-state index in [0.717, 1.165) is 31.2 Å². The van der Waals surface area contributed by atoms with E-state index in [1.54, 1.807) is 12.1 Å². The lowest BCUT2D eigenvalue weighted by molar-refractivity contribution is -0.122. The Labute approximate surface area is 124 Å². The topological polar surface area (TPSA) is 78.4 Å². The number of nitrogens with one attached hydrogen (secondary N) is 2. The molecule has 2 rings (SSSR count). The summed E-state index contributed by atoms with van der Waals surface area (Å²) < 4.78 is 0. The van der Waals surface area contributed by atoms with E-state index in [0.29, 0.717) is 5.56 Å². The first-order valence-corrected chi connectivity index (χ1v) is 7.38. The van der Waals surface area contributed by atoms with Gasteiger partial charge < -0.3 is 15.7 Å². The van der Waals surface area contributed by atoms with Gasteiger partial charge in [-0.2, -0.15) is 0 Å². The van der Waals surface area contributed by atoms with Gasteiger partial charge in [-0.05, 0) is 31.9 Å². The molecule has 1 aliphatic rings. The minimum atomic E-state index is -0.476. The van der Waals surface area contributed by atoms with Crippen molar-refractivity contribution in [2.24, 2.45) is 0 Å². The molecule has 0 bridgehead atoms. The Hall–Kier alpha value is -1.88. The molecule has 2 amide bonds. The minimum absolute atomic E-state index is 0.0735. The molecule has 0 heterocycles. The van der Waals surface area contributed by atoms with Crippen LogP contribution in [0.25, 0.3) is 0 Å². The van der Waals surface area contributed by atoms with Crippen molar-refractivity contribution >= 4 is 11.8 Å². The van der Waals surface area contributed by atoms with Gasteiger partial charge in [-0.3, -0.25) is 9.59 Å². The van der Waals surface area contributed by atoms with Gasteiger partial charge in [0, 0.05) is 5.56 Å². The Bertz CT molecular complexity index is 499. The summed E-state index contributed by atoms with van der Waals surface area (Å²) in [7, 11) is 0. The highest BCUT2D eigenvalue weighted by Crippen LogP contribution is 2.18. The number of aliphatic hydroxyl groups excluding tert-OH is 1. The first-order valence-electron chi connectivity index (χ1n) is 7.38. The lowest BCUT2D eigenvalue weighted by Gasteiger charge is -2.28. The summed E-state index contributed by atoms with van der Waals surface area (Å²) >= 11 is 0. The van der Waals surface area contributed by atoms with E-state index in [2.05, 4.69) is 10.6 Å². The van der Waals surface area contributed by atoms with Crippen LogP contribution < -0.4 is 10.6 Å². The van der Waals surface area contributed by atoms with Crippen molar-refractivity contribution in [2.75, 3.05) is 6.54 Å². The van der Waals surface area contributed by atoms with E-state index in [1.807, 2.05) is 19.1 Å². The molecule has 1 saturated carbocycles. The van der Waals surface area contributed by atoms with Crippen molar-refractivity contribution in [3.8, 4) is 0 Å². The minimum Gasteiger partial charge on any atom is -0.391 e. The van der Waals surface area contributed by atoms with Crippen molar-refractivity contribution in [1.29, 1.82) is 0 Å². The first-order chi connectivity index (χ1) is 10.1. The fraction of sp³-hybridized carbons (Fsp3) is 0.500. The Morgan fingerprint density at radius 3 is 2.52 bits per heavy atom. The zero-order chi connectivity index (χ0) is 15.2. The molecule has 21 heavy (non-hydrogen) atoms. The van der Waals surface area contributed by atoms with Crippen molar-refractivity contribution in [3.05, 3.63) is 35.4 Å². The van der Waals surface area contributed by atoms with Gasteiger partial charge in [0.2, 0.25) is 5.91 Å². The largest absolute Gasteiger partial charge is 0.391 e. The van der Waals surface area contributed by atoms with Crippen LogP contribution in [0.4, 0.5) is 0 Å². The number of amides is 2. The van der Waals surface area contributed by atoms with Crippen LogP contribution in [0.1, 0.15) is 41.6 Å². The fourth-order valence-corrected chi connectivity index (χ4v) is 2.51. The molecule has 1 aliphatic carbocycles. The smallest absolute Gasteiger partial charge is 0.251 e. The van der Waals surface area contributed by atoms with E-state index in [1.165, 1.54) is 0 Å². The van der Waals surface area contributed by atoms with E-state index in [4.69, 9.17) is 0 Å². The highest BCUT2D eigenvalue weighted by molar-refractivity contribution is 5.96. The third kappa shape index (κ3) is 4.56. The maximum Gasteiger partial charge on any atom is 0.251 e. The zero-order valence-corrected chi connectivity index (χ0v) is 12.3. The number of benzene rings is 1. The van der Waals surface area contributed by atoms with Crippen molar-refractivity contribution in [3.63, 3.8) is 0 Å². The Kier molecular flexibility index (Phi) is 5.33. The van der Waals surface area contributed by atoms with Crippen LogP contribution in [0.5, 0.6) is 0 Å². The maximum atomic E-state index is 11.9. The monoisotopic (exact) mass is 290 g/mol. The summed E-state index contributed by atoms with van der Waals surface area (Å²) in [6.45, 7) is 1.88. The number of carbonyl (C=O) groups excluding carboxylic acids is 2. The summed E-state index contributed by atoms with van der Waals surface area (Å²) in [6, 6.07) is 6.98. The van der Waals surface area contributed by atoms with Crippen LogP contribution in [0.15, 0.2) is 24.3 Å². The Morgan fingerprint density at radius 2 is 1.86 bits per heavy atom. The van der Waals surface area contributed by atoms with Gasteiger partial charge in [0.25, 0.3) is 5.91 Å². The molecule has 1 fully saturated rings. The molecule has 0 saturated heterocycles. The van der Waals surface area contributed by atoms with Crippen molar-refractivity contribution in [2.45, 2.75) is 44.8 Å². The summed E-state index contributed by atoms with van der Waals surface area (Å²) in [6.07, 6.45) is 3.05. The third-order valence-corrected chi connectivity index (χ3v) is 3.80. The quantitative estimate of drug-likeness (QED) is 0.778. The Morgan fingerprint density at radius 1 is 1.19 bits per heavy atom. The second-order valence-corrected chi connectivity index (χ2v) is 5.57. The number of hydrogen-bond donors (Lipinski definition) is 3. The predicted octanol–water partition coefficient (Wildman–Crippen LogP) is 1.14. The standard InChI is InChI=1S/C16H22N2O3/c1-11-6-8-12(9-7-11)16(21)17-10-15(20)18-13-4-2-3-5-14(13)19/h6-9,13-14,19H,2-5,10H2,1H3,(H,17,21)(H,18,20)/t13-,14-/m1/s1. The number of aliphatic hydroxyl groups is 1. The lowest BCUT2D eigenvalue weighted by Crippen LogP contribution is -2.48. The second-order valence-electron chi connectivity index (χ2n) is 5.57. The summed E-state index contributed by atoms with van der Waals surface area (Å²) in [5.41, 5.74) is 1.61. The molecular weight excluding hydrogens is 268 g/mol. The molecule has 114 valence electrons. The summed E-state index contributed by atoms with van der Waals surface area (Å²) in [4.78, 5) is 23.7. The summed E-state index contributed by atoms with van der Waals surface area (Å²) in [5, 5.41) is 15.2. The fourth-order valence-electron chi connectivity index (χ4n) is 2.51. The predicted molar refractivity (Wildman–Crippen MR) is 79.9 cm³/mol. The molecule has 3 N–H and O–H groups in total. The van der Waals surface area contributed by atoms with Crippen LogP contribution in [0.3, 0.4) is 0 Å². The number of hydrogen-bond acceptors (Lipinski definition) is 3. The van der Waals surface area contributed by atoms with Gasteiger partial charge in [0.05, 0.1) is 18.7 Å². The molecule has 1 aromatic rings. The third-order valence-electron chi connectivity index (χ3n) is 3.80. The average molecular weight is 290 g/mol. The van der Waals surface area contributed by atoms with Gasteiger partial charge in [-0.25, -0.2) is 0 Å². The van der Waals surface area contributed by atoms with Gasteiger partial charge in [-0.1, -0.05) is 30.5 Å². The van der Waals surface area contributed by atoms with Crippen molar-refractivity contribution in [1.82, 2.24) is 10.6 Å². The maximum absolute atomic E-state index is 11.9. The first kappa shape index (κ1) is 15.5. The van der Waals surface area contributed by atoms with Gasteiger partial charge in [-0.15, -0.1) is 0 Å². The molecule has 0 radical (unpaired) electrons. The van der Waals surface area contributed by atoms with E-state index in [9.17, 15) is 14.7 Å². The van der Waals surface area contributed by atoms with Gasteiger partial charge >= 0.3 is 0 Å². The molecule has 2 atom stereocenters. The molecule has 5 nitrogen and oxygen atoms in total. The molecule has 0 aliphatic heterocycles. The number of carbonyl (C=O) groups is 2. The number of rotatable bonds is 4. The van der Waals surface area contributed by atoms with E-state index in [-0.39, 0.29) is 24.4 Å². The normalized spacial score (nSPS) is 21.6. The highest BCUT2D eigenvalue weighted by atomic mass is 16.3. The molecule has 0 aromatic heterocycles. The lowest BCUT2D eigenvalue weighted by atomic mass is 9.92. The molecular formula is C16H22N2O3. The van der Waals surface area contributed by atoms with Crippen LogP contribution in [-0.2, 0) is 4.79 Å². The van der Waals surface area contributed by atoms with Crippen LogP contribution >= 0.6 is 0 Å². The van der Waals surface area contributed by atoms with Crippen LogP contribution in [0.2, 0.25) is 0 Å². The zero-order valence-electron chi connectivity index (χ0n) is 12.3. The Balaban J connectivity index is 1.78. The van der Waals surface area contributed by atoms with Crippen LogP contribution in [-0.4, -0.2) is 35.6 Å². The van der Waals surface area contributed by atoms with Gasteiger partial charge in [0.15, 0.2) is 0 Å². The molecule has 0 unspecified atom stereocenters. The summed E-state index contributed by atoms with van der Waals surface area (Å²) in [5.74, 6) is -0.532. The van der Waals surface area contributed by atoms with E-state index < -0.39 is 6.10 Å². The molecule has 1 aromatic carbocycles. The molecule has 5 heteroatoms. The SMILES string of the molecule is Cc1ccc(C(=O)NCC(=O)N[C@@H]2CCCC[C@H]2O)cc1. The second kappa shape index (κ2) is 7.22. The highest BCUT2D eigenvalue weighted by Gasteiger charge is 2.24. The molecule has 0 spiro atoms.